The van der Waals surface area contributed by atoms with Crippen molar-refractivity contribution >= 4 is 0 Å². The Labute approximate surface area is 70.8 Å². The number of hydrogen-bond acceptors (Lipinski definition) is 2. The number of methoxy groups -OCH3 is 1. The molecule has 0 aliphatic carbocycles. The first-order valence-electron chi connectivity index (χ1n) is 3.43. The SMILES string of the molecule is C#Cc1ccccc(=O)c1OC. The highest BCUT2D eigenvalue weighted by molar-refractivity contribution is 5.43. The van der Waals surface area contributed by atoms with Crippen LogP contribution in [0.15, 0.2) is 29.1 Å². The third-order valence-corrected chi connectivity index (χ3v) is 1.45. The van der Waals surface area contributed by atoms with Gasteiger partial charge in [-0.2, -0.15) is 0 Å². The van der Waals surface area contributed by atoms with Crippen LogP contribution in [0.3, 0.4) is 0 Å². The molecular weight excluding hydrogens is 152 g/mol. The highest BCUT2D eigenvalue weighted by atomic mass is 16.5. The van der Waals surface area contributed by atoms with Crippen LogP contribution in [0.25, 0.3) is 0 Å². The van der Waals surface area contributed by atoms with E-state index in [1.165, 1.54) is 13.2 Å². The first-order valence-corrected chi connectivity index (χ1v) is 3.43. The fourth-order valence-electron chi connectivity index (χ4n) is 0.903. The molecule has 60 valence electrons. The van der Waals surface area contributed by atoms with E-state index in [4.69, 9.17) is 11.2 Å². The largest absolute Gasteiger partial charge is 0.491 e. The Morgan fingerprint density at radius 2 is 2.08 bits per heavy atom. The van der Waals surface area contributed by atoms with Crippen LogP contribution in [0, 0.1) is 12.3 Å². The van der Waals surface area contributed by atoms with Gasteiger partial charge in [0.1, 0.15) is 0 Å². The first-order chi connectivity index (χ1) is 5.79. The first kappa shape index (κ1) is 8.35. The zero-order valence-electron chi connectivity index (χ0n) is 6.70. The lowest BCUT2D eigenvalue weighted by Gasteiger charge is -1.95. The van der Waals surface area contributed by atoms with Gasteiger partial charge in [-0.25, -0.2) is 0 Å². The van der Waals surface area contributed by atoms with E-state index in [1.807, 2.05) is 0 Å². The van der Waals surface area contributed by atoms with E-state index in [-0.39, 0.29) is 11.2 Å². The van der Waals surface area contributed by atoms with Crippen molar-refractivity contribution in [1.82, 2.24) is 0 Å². The maximum Gasteiger partial charge on any atom is 0.221 e. The Morgan fingerprint density at radius 3 is 2.67 bits per heavy atom. The van der Waals surface area contributed by atoms with Crippen molar-refractivity contribution in [3.05, 3.63) is 40.1 Å². The summed E-state index contributed by atoms with van der Waals surface area (Å²) < 4.78 is 4.87. The third-order valence-electron chi connectivity index (χ3n) is 1.45. The second-order valence-corrected chi connectivity index (χ2v) is 2.17. The monoisotopic (exact) mass is 160 g/mol. The molecular formula is C10H8O2. The van der Waals surface area contributed by atoms with Crippen molar-refractivity contribution in [2.75, 3.05) is 7.11 Å². The molecule has 0 N–H and O–H groups in total. The summed E-state index contributed by atoms with van der Waals surface area (Å²) in [5.41, 5.74) is 0.281. The Kier molecular flexibility index (Phi) is 2.49. The minimum absolute atomic E-state index is 0.199. The molecule has 0 spiro atoms. The Bertz CT molecular complexity index is 374. The smallest absolute Gasteiger partial charge is 0.221 e. The van der Waals surface area contributed by atoms with Crippen LogP contribution in [-0.4, -0.2) is 7.11 Å². The quantitative estimate of drug-likeness (QED) is 0.574. The van der Waals surface area contributed by atoms with E-state index in [9.17, 15) is 4.79 Å². The normalized spacial score (nSPS) is 8.67. The third kappa shape index (κ3) is 1.46. The van der Waals surface area contributed by atoms with E-state index < -0.39 is 0 Å². The minimum atomic E-state index is -0.199. The number of ether oxygens (including phenoxy) is 1. The molecule has 0 amide bonds. The molecule has 0 unspecified atom stereocenters. The summed E-state index contributed by atoms with van der Waals surface area (Å²) in [6.07, 6.45) is 5.18. The second-order valence-electron chi connectivity index (χ2n) is 2.17. The van der Waals surface area contributed by atoms with Crippen LogP contribution in [0.4, 0.5) is 0 Å². The van der Waals surface area contributed by atoms with E-state index in [0.717, 1.165) is 0 Å². The van der Waals surface area contributed by atoms with Gasteiger partial charge in [0, 0.05) is 0 Å². The van der Waals surface area contributed by atoms with Gasteiger partial charge in [-0.15, -0.1) is 6.42 Å². The Morgan fingerprint density at radius 1 is 1.42 bits per heavy atom. The molecule has 1 rings (SSSR count). The fourth-order valence-corrected chi connectivity index (χ4v) is 0.903. The van der Waals surface area contributed by atoms with Crippen molar-refractivity contribution in [3.8, 4) is 18.1 Å². The predicted octanol–water partition coefficient (Wildman–Crippen LogP) is 1.04. The topological polar surface area (TPSA) is 26.3 Å². The Balaban J connectivity index is 3.53. The van der Waals surface area contributed by atoms with Gasteiger partial charge in [0.05, 0.1) is 12.7 Å². The van der Waals surface area contributed by atoms with Gasteiger partial charge in [-0.05, 0) is 12.1 Å². The molecule has 0 saturated heterocycles. The zero-order valence-corrected chi connectivity index (χ0v) is 6.70. The molecule has 0 aliphatic heterocycles. The van der Waals surface area contributed by atoms with Crippen LogP contribution in [0.2, 0.25) is 0 Å². The van der Waals surface area contributed by atoms with Crippen molar-refractivity contribution in [1.29, 1.82) is 0 Å². The summed E-state index contributed by atoms with van der Waals surface area (Å²) >= 11 is 0. The summed E-state index contributed by atoms with van der Waals surface area (Å²) in [6.45, 7) is 0. The summed E-state index contributed by atoms with van der Waals surface area (Å²) in [4.78, 5) is 11.2. The van der Waals surface area contributed by atoms with Gasteiger partial charge in [-0.1, -0.05) is 18.1 Å². The van der Waals surface area contributed by atoms with E-state index in [0.29, 0.717) is 5.56 Å². The fraction of sp³-hybridized carbons (Fsp3) is 0.100. The number of hydrogen-bond donors (Lipinski definition) is 0. The zero-order chi connectivity index (χ0) is 8.97. The summed E-state index contributed by atoms with van der Waals surface area (Å²) in [5.74, 6) is 2.61. The molecule has 1 aromatic rings. The standard InChI is InChI=1S/C10H8O2/c1-3-8-6-4-5-7-9(11)10(8)12-2/h1,4-7H,2H3. The van der Waals surface area contributed by atoms with Crippen molar-refractivity contribution < 1.29 is 4.74 Å². The molecule has 2 nitrogen and oxygen atoms in total. The molecule has 0 heterocycles. The molecule has 1 aromatic carbocycles. The average Bonchev–Trinajstić information content (AvgIpc) is 2.26. The maximum atomic E-state index is 11.2. The number of rotatable bonds is 1. The van der Waals surface area contributed by atoms with Gasteiger partial charge in [0.25, 0.3) is 0 Å². The van der Waals surface area contributed by atoms with Gasteiger partial charge in [-0.3, -0.25) is 4.79 Å². The van der Waals surface area contributed by atoms with Crippen molar-refractivity contribution in [2.45, 2.75) is 0 Å². The van der Waals surface area contributed by atoms with Crippen LogP contribution < -0.4 is 10.2 Å². The minimum Gasteiger partial charge on any atom is -0.491 e. The van der Waals surface area contributed by atoms with Gasteiger partial charge < -0.3 is 4.74 Å². The average molecular weight is 160 g/mol. The maximum absolute atomic E-state index is 11.2. The van der Waals surface area contributed by atoms with Crippen LogP contribution >= 0.6 is 0 Å². The van der Waals surface area contributed by atoms with E-state index >= 15 is 0 Å². The molecule has 0 atom stereocenters. The summed E-state index contributed by atoms with van der Waals surface area (Å²) in [5, 5.41) is 0. The van der Waals surface area contributed by atoms with Crippen LogP contribution in [0.1, 0.15) is 5.56 Å². The number of terminal acetylenes is 1. The molecule has 0 radical (unpaired) electrons. The lowest BCUT2D eigenvalue weighted by molar-refractivity contribution is 0.410. The van der Waals surface area contributed by atoms with Gasteiger partial charge in [0.15, 0.2) is 5.75 Å². The molecule has 0 fully saturated rings. The van der Waals surface area contributed by atoms with Crippen molar-refractivity contribution in [3.63, 3.8) is 0 Å². The molecule has 12 heavy (non-hydrogen) atoms. The van der Waals surface area contributed by atoms with E-state index in [1.54, 1.807) is 18.2 Å². The van der Waals surface area contributed by atoms with Gasteiger partial charge in [0.2, 0.25) is 5.43 Å². The summed E-state index contributed by atoms with van der Waals surface area (Å²) in [7, 11) is 1.43. The highest BCUT2D eigenvalue weighted by Crippen LogP contribution is 2.08. The molecule has 0 aromatic heterocycles. The Hall–Kier alpha value is -1.75. The highest BCUT2D eigenvalue weighted by Gasteiger charge is 2.00. The molecule has 0 bridgehead atoms. The molecule has 0 aliphatic rings. The molecule has 0 saturated carbocycles. The predicted molar refractivity (Wildman–Crippen MR) is 47.2 cm³/mol. The van der Waals surface area contributed by atoms with Gasteiger partial charge >= 0.3 is 0 Å². The van der Waals surface area contributed by atoms with E-state index in [2.05, 4.69) is 5.92 Å². The van der Waals surface area contributed by atoms with Crippen LogP contribution in [-0.2, 0) is 0 Å². The lowest BCUT2D eigenvalue weighted by Crippen LogP contribution is -2.01. The summed E-state index contributed by atoms with van der Waals surface area (Å²) in [6, 6.07) is 6.42. The van der Waals surface area contributed by atoms with Crippen LogP contribution in [0.5, 0.6) is 5.75 Å². The lowest BCUT2D eigenvalue weighted by atomic mass is 10.3. The molecule has 2 heteroatoms. The second kappa shape index (κ2) is 3.59. The van der Waals surface area contributed by atoms with Crippen molar-refractivity contribution in [2.24, 2.45) is 0 Å².